The first-order valence-corrected chi connectivity index (χ1v) is 4.26. The SMILES string of the molecule is CCCC(N)=C1CNCCN1. The van der Waals surface area contributed by atoms with Crippen molar-refractivity contribution in [3.8, 4) is 0 Å². The molecule has 0 saturated carbocycles. The summed E-state index contributed by atoms with van der Waals surface area (Å²) in [6.45, 7) is 5.10. The lowest BCUT2D eigenvalue weighted by molar-refractivity contribution is 0.585. The zero-order valence-corrected chi connectivity index (χ0v) is 7.11. The molecule has 0 bridgehead atoms. The minimum atomic E-state index is 0.909. The summed E-state index contributed by atoms with van der Waals surface area (Å²) < 4.78 is 0. The Hall–Kier alpha value is -0.700. The van der Waals surface area contributed by atoms with Gasteiger partial charge in [-0.15, -0.1) is 0 Å². The van der Waals surface area contributed by atoms with E-state index in [0.717, 1.165) is 38.2 Å². The summed E-state index contributed by atoms with van der Waals surface area (Å²) in [6.07, 6.45) is 2.13. The third kappa shape index (κ3) is 2.42. The van der Waals surface area contributed by atoms with Gasteiger partial charge in [-0.1, -0.05) is 13.3 Å². The predicted octanol–water partition coefficient (Wildman–Crippen LogP) is 0.150. The Bertz CT molecular complexity index is 143. The normalized spacial score (nSPS) is 22.6. The van der Waals surface area contributed by atoms with Gasteiger partial charge in [0.15, 0.2) is 0 Å². The molecule has 0 unspecified atom stereocenters. The zero-order chi connectivity index (χ0) is 8.10. The van der Waals surface area contributed by atoms with Crippen LogP contribution >= 0.6 is 0 Å². The van der Waals surface area contributed by atoms with Crippen LogP contribution in [0.5, 0.6) is 0 Å². The fourth-order valence-corrected chi connectivity index (χ4v) is 1.22. The molecule has 3 heteroatoms. The molecule has 0 aromatic carbocycles. The number of hydrogen-bond acceptors (Lipinski definition) is 3. The van der Waals surface area contributed by atoms with E-state index in [9.17, 15) is 0 Å². The van der Waals surface area contributed by atoms with Crippen LogP contribution in [0.15, 0.2) is 11.4 Å². The Labute approximate surface area is 68.0 Å². The second kappa shape index (κ2) is 4.23. The van der Waals surface area contributed by atoms with Gasteiger partial charge in [-0.2, -0.15) is 0 Å². The molecule has 0 radical (unpaired) electrons. The van der Waals surface area contributed by atoms with E-state index in [0.29, 0.717) is 0 Å². The van der Waals surface area contributed by atoms with Crippen molar-refractivity contribution in [3.05, 3.63) is 11.4 Å². The van der Waals surface area contributed by atoms with Gasteiger partial charge < -0.3 is 16.4 Å². The van der Waals surface area contributed by atoms with E-state index in [1.165, 1.54) is 5.70 Å². The first-order valence-electron chi connectivity index (χ1n) is 4.26. The standard InChI is InChI=1S/C8H17N3/c1-2-3-7(9)8-6-10-4-5-11-8/h10-11H,2-6,9H2,1H3. The van der Waals surface area contributed by atoms with Crippen LogP contribution in [0.1, 0.15) is 19.8 Å². The largest absolute Gasteiger partial charge is 0.401 e. The van der Waals surface area contributed by atoms with E-state index in [4.69, 9.17) is 5.73 Å². The highest BCUT2D eigenvalue weighted by Crippen LogP contribution is 2.03. The van der Waals surface area contributed by atoms with E-state index in [-0.39, 0.29) is 0 Å². The van der Waals surface area contributed by atoms with E-state index in [1.807, 2.05) is 0 Å². The second-order valence-corrected chi connectivity index (χ2v) is 2.86. The van der Waals surface area contributed by atoms with E-state index in [2.05, 4.69) is 17.6 Å². The quantitative estimate of drug-likeness (QED) is 0.532. The number of nitrogens with two attached hydrogens (primary N) is 1. The summed E-state index contributed by atoms with van der Waals surface area (Å²) in [5.41, 5.74) is 8.04. The van der Waals surface area contributed by atoms with Gasteiger partial charge in [0.05, 0.1) is 0 Å². The molecular formula is C8H17N3. The number of nitrogens with one attached hydrogen (secondary N) is 2. The topological polar surface area (TPSA) is 50.1 Å². The Morgan fingerprint density at radius 2 is 2.36 bits per heavy atom. The van der Waals surface area contributed by atoms with Crippen molar-refractivity contribution in [1.29, 1.82) is 0 Å². The van der Waals surface area contributed by atoms with Crippen molar-refractivity contribution in [2.45, 2.75) is 19.8 Å². The van der Waals surface area contributed by atoms with E-state index < -0.39 is 0 Å². The van der Waals surface area contributed by atoms with Crippen LogP contribution in [0, 0.1) is 0 Å². The summed E-state index contributed by atoms with van der Waals surface area (Å²) in [7, 11) is 0. The van der Waals surface area contributed by atoms with Gasteiger partial charge in [-0.3, -0.25) is 0 Å². The van der Waals surface area contributed by atoms with Gasteiger partial charge in [0, 0.05) is 31.0 Å². The fraction of sp³-hybridized carbons (Fsp3) is 0.750. The van der Waals surface area contributed by atoms with Crippen molar-refractivity contribution < 1.29 is 0 Å². The van der Waals surface area contributed by atoms with Gasteiger partial charge in [0.25, 0.3) is 0 Å². The highest BCUT2D eigenvalue weighted by Gasteiger charge is 2.05. The first-order chi connectivity index (χ1) is 5.34. The Morgan fingerprint density at radius 3 is 2.91 bits per heavy atom. The van der Waals surface area contributed by atoms with Crippen molar-refractivity contribution in [3.63, 3.8) is 0 Å². The summed E-state index contributed by atoms with van der Waals surface area (Å²) in [4.78, 5) is 0. The van der Waals surface area contributed by atoms with E-state index in [1.54, 1.807) is 0 Å². The molecule has 0 aliphatic carbocycles. The number of allylic oxidation sites excluding steroid dienone is 1. The maximum absolute atomic E-state index is 5.84. The molecule has 0 amide bonds. The lowest BCUT2D eigenvalue weighted by atomic mass is 10.2. The van der Waals surface area contributed by atoms with Gasteiger partial charge in [0.1, 0.15) is 0 Å². The zero-order valence-electron chi connectivity index (χ0n) is 7.11. The Kier molecular flexibility index (Phi) is 3.23. The molecule has 64 valence electrons. The van der Waals surface area contributed by atoms with Gasteiger partial charge in [0.2, 0.25) is 0 Å². The third-order valence-electron chi connectivity index (χ3n) is 1.85. The lowest BCUT2D eigenvalue weighted by Gasteiger charge is -2.20. The molecule has 1 saturated heterocycles. The molecule has 4 N–H and O–H groups in total. The first kappa shape index (κ1) is 8.40. The van der Waals surface area contributed by atoms with Gasteiger partial charge in [-0.25, -0.2) is 0 Å². The molecule has 1 fully saturated rings. The van der Waals surface area contributed by atoms with Crippen LogP contribution in [0.4, 0.5) is 0 Å². The average Bonchev–Trinajstić information content (AvgIpc) is 2.07. The van der Waals surface area contributed by atoms with Crippen LogP contribution in [-0.4, -0.2) is 19.6 Å². The number of piperazine rings is 1. The maximum Gasteiger partial charge on any atom is 0.0438 e. The molecule has 1 heterocycles. The molecule has 11 heavy (non-hydrogen) atoms. The maximum atomic E-state index is 5.84. The molecule has 0 spiro atoms. The highest BCUT2D eigenvalue weighted by molar-refractivity contribution is 5.12. The summed E-state index contributed by atoms with van der Waals surface area (Å²) >= 11 is 0. The van der Waals surface area contributed by atoms with Crippen LogP contribution < -0.4 is 16.4 Å². The second-order valence-electron chi connectivity index (χ2n) is 2.86. The van der Waals surface area contributed by atoms with Crippen molar-refractivity contribution in [2.24, 2.45) is 5.73 Å². The fourth-order valence-electron chi connectivity index (χ4n) is 1.22. The Balaban J connectivity index is 2.46. The lowest BCUT2D eigenvalue weighted by Crippen LogP contribution is -2.39. The van der Waals surface area contributed by atoms with Gasteiger partial charge >= 0.3 is 0 Å². The van der Waals surface area contributed by atoms with Crippen LogP contribution in [-0.2, 0) is 0 Å². The number of hydrogen-bond donors (Lipinski definition) is 3. The van der Waals surface area contributed by atoms with Gasteiger partial charge in [-0.05, 0) is 6.42 Å². The molecule has 1 aliphatic rings. The summed E-state index contributed by atoms with van der Waals surface area (Å²) in [5, 5.41) is 6.57. The van der Waals surface area contributed by atoms with Crippen LogP contribution in [0.2, 0.25) is 0 Å². The molecule has 0 aromatic rings. The monoisotopic (exact) mass is 155 g/mol. The average molecular weight is 155 g/mol. The molecule has 0 aromatic heterocycles. The van der Waals surface area contributed by atoms with Crippen LogP contribution in [0.3, 0.4) is 0 Å². The minimum Gasteiger partial charge on any atom is -0.401 e. The van der Waals surface area contributed by atoms with Crippen molar-refractivity contribution >= 4 is 0 Å². The molecule has 1 aliphatic heterocycles. The van der Waals surface area contributed by atoms with Crippen molar-refractivity contribution in [2.75, 3.05) is 19.6 Å². The smallest absolute Gasteiger partial charge is 0.0438 e. The highest BCUT2D eigenvalue weighted by atomic mass is 15.0. The third-order valence-corrected chi connectivity index (χ3v) is 1.85. The van der Waals surface area contributed by atoms with E-state index >= 15 is 0 Å². The Morgan fingerprint density at radius 1 is 1.55 bits per heavy atom. The molecule has 0 atom stereocenters. The molecular weight excluding hydrogens is 138 g/mol. The number of rotatable bonds is 2. The predicted molar refractivity (Wildman–Crippen MR) is 47.0 cm³/mol. The minimum absolute atomic E-state index is 0.909. The molecule has 3 nitrogen and oxygen atoms in total. The molecule has 1 rings (SSSR count). The summed E-state index contributed by atoms with van der Waals surface area (Å²) in [5.74, 6) is 0. The summed E-state index contributed by atoms with van der Waals surface area (Å²) in [6, 6.07) is 0. The van der Waals surface area contributed by atoms with Crippen LogP contribution in [0.25, 0.3) is 0 Å². The van der Waals surface area contributed by atoms with Crippen molar-refractivity contribution in [1.82, 2.24) is 10.6 Å².